The van der Waals surface area contributed by atoms with Crippen molar-refractivity contribution in [1.29, 1.82) is 0 Å². The summed E-state index contributed by atoms with van der Waals surface area (Å²) in [6, 6.07) is 9.70. The second-order valence-electron chi connectivity index (χ2n) is 5.37. The van der Waals surface area contributed by atoms with Crippen LogP contribution in [0.2, 0.25) is 0 Å². The smallest absolute Gasteiger partial charge is 0.317 e. The Balaban J connectivity index is 1.83. The zero-order chi connectivity index (χ0) is 14.9. The molecular weight excluding hydrogens is 268 g/mol. The number of carbonyl (C=O) groups excluding carboxylic acids is 1. The Hall–Kier alpha value is -1.59. The van der Waals surface area contributed by atoms with Crippen molar-refractivity contribution in [2.24, 2.45) is 5.92 Å². The number of aliphatic hydroxyl groups is 1. The van der Waals surface area contributed by atoms with E-state index in [0.29, 0.717) is 25.6 Å². The summed E-state index contributed by atoms with van der Waals surface area (Å²) < 4.78 is 5.32. The van der Waals surface area contributed by atoms with E-state index in [1.165, 1.54) is 0 Å². The summed E-state index contributed by atoms with van der Waals surface area (Å²) in [6.07, 6.45) is 2.00. The van der Waals surface area contributed by atoms with Crippen molar-refractivity contribution in [3.05, 3.63) is 35.9 Å². The molecule has 5 nitrogen and oxygen atoms in total. The average molecular weight is 292 g/mol. The number of aliphatic hydroxyl groups excluding tert-OH is 1. The highest BCUT2D eigenvalue weighted by Crippen LogP contribution is 2.13. The molecule has 1 saturated heterocycles. The first-order chi connectivity index (χ1) is 10.3. The molecule has 0 atom stereocenters. The molecule has 0 aliphatic carbocycles. The lowest BCUT2D eigenvalue weighted by atomic mass is 10.0. The molecule has 0 bridgehead atoms. The first-order valence-electron chi connectivity index (χ1n) is 7.55. The van der Waals surface area contributed by atoms with Gasteiger partial charge in [0, 0.05) is 32.8 Å². The Morgan fingerprint density at radius 3 is 2.67 bits per heavy atom. The van der Waals surface area contributed by atoms with Gasteiger partial charge >= 0.3 is 6.03 Å². The van der Waals surface area contributed by atoms with Gasteiger partial charge < -0.3 is 20.1 Å². The van der Waals surface area contributed by atoms with Gasteiger partial charge in [-0.15, -0.1) is 0 Å². The van der Waals surface area contributed by atoms with Crippen LogP contribution in [0.3, 0.4) is 0 Å². The highest BCUT2D eigenvalue weighted by atomic mass is 16.5. The summed E-state index contributed by atoms with van der Waals surface area (Å²) >= 11 is 0. The van der Waals surface area contributed by atoms with Crippen LogP contribution in [0.15, 0.2) is 30.3 Å². The molecule has 1 aliphatic heterocycles. The first-order valence-corrected chi connectivity index (χ1v) is 7.55. The molecule has 1 heterocycles. The van der Waals surface area contributed by atoms with Gasteiger partial charge in [-0.1, -0.05) is 30.3 Å². The van der Waals surface area contributed by atoms with E-state index in [4.69, 9.17) is 9.84 Å². The second kappa shape index (κ2) is 8.64. The van der Waals surface area contributed by atoms with E-state index < -0.39 is 0 Å². The minimum atomic E-state index is -0.112. The van der Waals surface area contributed by atoms with Crippen molar-refractivity contribution < 1.29 is 14.6 Å². The van der Waals surface area contributed by atoms with Crippen molar-refractivity contribution >= 4 is 6.03 Å². The topological polar surface area (TPSA) is 61.8 Å². The maximum Gasteiger partial charge on any atom is 0.317 e. The van der Waals surface area contributed by atoms with Gasteiger partial charge in [-0.25, -0.2) is 4.79 Å². The Kier molecular flexibility index (Phi) is 6.50. The van der Waals surface area contributed by atoms with Crippen LogP contribution in [0.5, 0.6) is 0 Å². The summed E-state index contributed by atoms with van der Waals surface area (Å²) in [4.78, 5) is 13.9. The zero-order valence-electron chi connectivity index (χ0n) is 12.3. The molecule has 21 heavy (non-hydrogen) atoms. The molecule has 0 spiro atoms. The molecule has 1 fully saturated rings. The largest absolute Gasteiger partial charge is 0.395 e. The van der Waals surface area contributed by atoms with Crippen LogP contribution in [0, 0.1) is 5.92 Å². The Morgan fingerprint density at radius 2 is 2.00 bits per heavy atom. The molecular formula is C16H24N2O3. The lowest BCUT2D eigenvalue weighted by Gasteiger charge is -2.26. The van der Waals surface area contributed by atoms with Crippen molar-refractivity contribution in [3.8, 4) is 0 Å². The third kappa shape index (κ3) is 5.36. The fraction of sp³-hybridized carbons (Fsp3) is 0.562. The van der Waals surface area contributed by atoms with Crippen LogP contribution in [-0.4, -0.2) is 48.9 Å². The minimum Gasteiger partial charge on any atom is -0.395 e. The zero-order valence-corrected chi connectivity index (χ0v) is 12.3. The third-order valence-electron chi connectivity index (χ3n) is 3.76. The Labute approximate surface area is 125 Å². The lowest BCUT2D eigenvalue weighted by Crippen LogP contribution is -2.43. The van der Waals surface area contributed by atoms with Gasteiger partial charge in [0.05, 0.1) is 6.61 Å². The van der Waals surface area contributed by atoms with Crippen LogP contribution < -0.4 is 5.32 Å². The number of benzene rings is 1. The average Bonchev–Trinajstić information content (AvgIpc) is 2.54. The molecule has 1 aliphatic rings. The molecule has 0 aromatic heterocycles. The number of hydrogen-bond acceptors (Lipinski definition) is 3. The molecule has 2 N–H and O–H groups in total. The van der Waals surface area contributed by atoms with Crippen LogP contribution in [0.25, 0.3) is 0 Å². The maximum absolute atomic E-state index is 12.3. The summed E-state index contributed by atoms with van der Waals surface area (Å²) in [7, 11) is 0. The van der Waals surface area contributed by atoms with Gasteiger partial charge in [-0.3, -0.25) is 0 Å². The van der Waals surface area contributed by atoms with Crippen molar-refractivity contribution in [2.75, 3.05) is 32.9 Å². The molecule has 1 aromatic carbocycles. The summed E-state index contributed by atoms with van der Waals surface area (Å²) in [5, 5.41) is 12.1. The van der Waals surface area contributed by atoms with E-state index >= 15 is 0 Å². The van der Waals surface area contributed by atoms with Crippen molar-refractivity contribution in [2.45, 2.75) is 19.4 Å². The number of hydrogen-bond donors (Lipinski definition) is 2. The number of rotatable bonds is 6. The number of urea groups is 1. The van der Waals surface area contributed by atoms with E-state index in [-0.39, 0.29) is 12.6 Å². The normalized spacial score (nSPS) is 15.7. The molecule has 0 radical (unpaired) electrons. The minimum absolute atomic E-state index is 0.0302. The van der Waals surface area contributed by atoms with Crippen LogP contribution in [0.4, 0.5) is 4.79 Å². The highest BCUT2D eigenvalue weighted by molar-refractivity contribution is 5.74. The lowest BCUT2D eigenvalue weighted by molar-refractivity contribution is 0.0662. The molecule has 116 valence electrons. The predicted molar refractivity (Wildman–Crippen MR) is 80.9 cm³/mol. The fourth-order valence-electron chi connectivity index (χ4n) is 2.47. The van der Waals surface area contributed by atoms with Crippen LogP contribution >= 0.6 is 0 Å². The molecule has 0 unspecified atom stereocenters. The van der Waals surface area contributed by atoms with E-state index in [9.17, 15) is 4.79 Å². The standard InChI is InChI=1S/C16H24N2O3/c19-9-8-18(13-15-4-2-1-3-5-15)16(20)17-12-14-6-10-21-11-7-14/h1-5,14,19H,6-13H2,(H,17,20). The molecule has 2 rings (SSSR count). The first kappa shape index (κ1) is 15.8. The quantitative estimate of drug-likeness (QED) is 0.837. The molecule has 0 saturated carbocycles. The number of nitrogens with one attached hydrogen (secondary N) is 1. The number of nitrogens with zero attached hydrogens (tertiary/aromatic N) is 1. The van der Waals surface area contributed by atoms with E-state index in [0.717, 1.165) is 31.6 Å². The fourth-order valence-corrected chi connectivity index (χ4v) is 2.47. The van der Waals surface area contributed by atoms with Gasteiger partial charge in [0.1, 0.15) is 0 Å². The van der Waals surface area contributed by atoms with Gasteiger partial charge in [-0.2, -0.15) is 0 Å². The Morgan fingerprint density at radius 1 is 1.29 bits per heavy atom. The Bertz CT molecular complexity index is 419. The van der Waals surface area contributed by atoms with Gasteiger partial charge in [0.15, 0.2) is 0 Å². The highest BCUT2D eigenvalue weighted by Gasteiger charge is 2.17. The molecule has 5 heteroatoms. The van der Waals surface area contributed by atoms with E-state index in [2.05, 4.69) is 5.32 Å². The van der Waals surface area contributed by atoms with Gasteiger partial charge in [0.2, 0.25) is 0 Å². The monoisotopic (exact) mass is 292 g/mol. The number of carbonyl (C=O) groups is 1. The second-order valence-corrected chi connectivity index (χ2v) is 5.37. The molecule has 1 aromatic rings. The number of amides is 2. The van der Waals surface area contributed by atoms with Crippen molar-refractivity contribution in [1.82, 2.24) is 10.2 Å². The third-order valence-corrected chi connectivity index (χ3v) is 3.76. The van der Waals surface area contributed by atoms with Gasteiger partial charge in [0.25, 0.3) is 0 Å². The summed E-state index contributed by atoms with van der Waals surface area (Å²) in [5.74, 6) is 0.496. The summed E-state index contributed by atoms with van der Waals surface area (Å²) in [5.41, 5.74) is 1.06. The van der Waals surface area contributed by atoms with E-state index in [1.807, 2.05) is 30.3 Å². The SMILES string of the molecule is O=C(NCC1CCOCC1)N(CCO)Cc1ccccc1. The molecule has 2 amide bonds. The van der Waals surface area contributed by atoms with Crippen LogP contribution in [0.1, 0.15) is 18.4 Å². The maximum atomic E-state index is 12.3. The van der Waals surface area contributed by atoms with Gasteiger partial charge in [-0.05, 0) is 24.3 Å². The van der Waals surface area contributed by atoms with Crippen LogP contribution in [-0.2, 0) is 11.3 Å². The summed E-state index contributed by atoms with van der Waals surface area (Å²) in [6.45, 7) is 3.07. The predicted octanol–water partition coefficient (Wildman–Crippen LogP) is 1.62. The van der Waals surface area contributed by atoms with Crippen molar-refractivity contribution in [3.63, 3.8) is 0 Å². The number of ether oxygens (including phenoxy) is 1. The van der Waals surface area contributed by atoms with E-state index in [1.54, 1.807) is 4.90 Å².